The van der Waals surface area contributed by atoms with Gasteiger partial charge in [-0.05, 0) is 22.0 Å². The third-order valence-corrected chi connectivity index (χ3v) is 3.98. The molecule has 7 nitrogen and oxygen atoms in total. The molecule has 0 aliphatic carbocycles. The van der Waals surface area contributed by atoms with Crippen LogP contribution >= 0.6 is 15.9 Å². The number of carbonyl (C=O) groups excluding carboxylic acids is 2. The number of carbonyl (C=O) groups is 2. The van der Waals surface area contributed by atoms with Gasteiger partial charge in [-0.25, -0.2) is 0 Å². The maximum Gasteiger partial charge on any atom is 0.284 e. The Kier molecular flexibility index (Phi) is 4.03. The summed E-state index contributed by atoms with van der Waals surface area (Å²) < 4.78 is 0.140. The highest BCUT2D eigenvalue weighted by atomic mass is 79.9. The summed E-state index contributed by atoms with van der Waals surface area (Å²) in [5, 5.41) is 10.9. The highest BCUT2D eigenvalue weighted by molar-refractivity contribution is 9.10. The van der Waals surface area contributed by atoms with Crippen molar-refractivity contribution in [2.45, 2.75) is 0 Å². The van der Waals surface area contributed by atoms with Crippen LogP contribution in [0.5, 0.6) is 0 Å². The summed E-state index contributed by atoms with van der Waals surface area (Å²) in [4.78, 5) is 37.2. The molecular formula is C12H12BrN3O4. The molecule has 0 aromatic heterocycles. The van der Waals surface area contributed by atoms with Crippen LogP contribution in [0.4, 0.5) is 5.69 Å². The van der Waals surface area contributed by atoms with Gasteiger partial charge in [0.25, 0.3) is 11.6 Å². The van der Waals surface area contributed by atoms with Crippen LogP contribution in [0.15, 0.2) is 22.7 Å². The van der Waals surface area contributed by atoms with E-state index in [0.29, 0.717) is 13.1 Å². The molecule has 1 aromatic carbocycles. The number of hydrogen-bond acceptors (Lipinski definition) is 4. The number of rotatable bonds is 2. The fraction of sp³-hybridized carbons (Fsp3) is 0.333. The molecule has 0 bridgehead atoms. The average Bonchev–Trinajstić information content (AvgIpc) is 2.41. The lowest BCUT2D eigenvalue weighted by atomic mass is 10.1. The van der Waals surface area contributed by atoms with Gasteiger partial charge in [0.1, 0.15) is 11.0 Å². The number of hydrogen-bond donors (Lipinski definition) is 0. The minimum Gasteiger partial charge on any atom is -0.342 e. The highest BCUT2D eigenvalue weighted by Crippen LogP contribution is 2.29. The summed E-state index contributed by atoms with van der Waals surface area (Å²) in [6.45, 7) is 0.859. The van der Waals surface area contributed by atoms with Gasteiger partial charge >= 0.3 is 0 Å². The van der Waals surface area contributed by atoms with Crippen LogP contribution in [-0.2, 0) is 4.79 Å². The topological polar surface area (TPSA) is 83.8 Å². The van der Waals surface area contributed by atoms with Gasteiger partial charge in [0.2, 0.25) is 5.91 Å². The Morgan fingerprint density at radius 2 is 2.10 bits per heavy atom. The van der Waals surface area contributed by atoms with Gasteiger partial charge in [-0.3, -0.25) is 19.7 Å². The van der Waals surface area contributed by atoms with Crippen LogP contribution in [0, 0.1) is 10.1 Å². The van der Waals surface area contributed by atoms with Crippen LogP contribution in [-0.4, -0.2) is 53.2 Å². The van der Waals surface area contributed by atoms with Crippen LogP contribution in [0.3, 0.4) is 0 Å². The molecule has 2 rings (SSSR count). The number of piperazine rings is 1. The van der Waals surface area contributed by atoms with Crippen LogP contribution in [0.25, 0.3) is 0 Å². The van der Waals surface area contributed by atoms with Crippen molar-refractivity contribution >= 4 is 33.4 Å². The molecule has 0 radical (unpaired) electrons. The van der Waals surface area contributed by atoms with Crippen molar-refractivity contribution in [3.63, 3.8) is 0 Å². The van der Waals surface area contributed by atoms with E-state index < -0.39 is 4.92 Å². The average molecular weight is 342 g/mol. The number of nitro groups is 1. The minimum absolute atomic E-state index is 0.00946. The maximum absolute atomic E-state index is 12.4. The zero-order valence-electron chi connectivity index (χ0n) is 10.7. The van der Waals surface area contributed by atoms with Crippen molar-refractivity contribution in [1.82, 2.24) is 9.80 Å². The minimum atomic E-state index is -0.560. The van der Waals surface area contributed by atoms with Crippen molar-refractivity contribution in [3.8, 4) is 0 Å². The molecule has 1 fully saturated rings. The number of nitrogens with zero attached hydrogens (tertiary/aromatic N) is 3. The number of benzene rings is 1. The standard InChI is InChI=1S/C12H12BrN3O4/c1-14-5-6-15(7-10(14)17)12(18)8-3-2-4-9(11(8)13)16(19)20/h2-4H,5-7H2,1H3. The summed E-state index contributed by atoms with van der Waals surface area (Å²) >= 11 is 3.09. The lowest BCUT2D eigenvalue weighted by molar-refractivity contribution is -0.385. The summed E-state index contributed by atoms with van der Waals surface area (Å²) in [5.41, 5.74) is 0.0212. The van der Waals surface area contributed by atoms with E-state index in [1.165, 1.54) is 23.1 Å². The smallest absolute Gasteiger partial charge is 0.284 e. The first kappa shape index (κ1) is 14.4. The van der Waals surface area contributed by atoms with Crippen molar-refractivity contribution in [2.24, 2.45) is 0 Å². The largest absolute Gasteiger partial charge is 0.342 e. The lowest BCUT2D eigenvalue weighted by Crippen LogP contribution is -2.50. The van der Waals surface area contributed by atoms with Crippen molar-refractivity contribution < 1.29 is 14.5 Å². The van der Waals surface area contributed by atoms with Gasteiger partial charge in [0, 0.05) is 26.2 Å². The molecule has 8 heteroatoms. The Balaban J connectivity index is 2.28. The number of likely N-dealkylation sites (N-methyl/N-ethyl adjacent to an activating group) is 1. The van der Waals surface area contributed by atoms with Crippen LogP contribution < -0.4 is 0 Å². The SMILES string of the molecule is CN1CCN(C(=O)c2cccc([N+](=O)[O-])c2Br)CC1=O. The first-order valence-electron chi connectivity index (χ1n) is 5.88. The summed E-state index contributed by atoms with van der Waals surface area (Å²) in [6.07, 6.45) is 0. The quantitative estimate of drug-likeness (QED) is 0.599. The van der Waals surface area contributed by atoms with E-state index in [1.807, 2.05) is 0 Å². The van der Waals surface area contributed by atoms with E-state index in [4.69, 9.17) is 0 Å². The van der Waals surface area contributed by atoms with Crippen LogP contribution in [0.1, 0.15) is 10.4 Å². The number of amides is 2. The molecule has 1 heterocycles. The Morgan fingerprint density at radius 1 is 1.40 bits per heavy atom. The van der Waals surface area contributed by atoms with Crippen molar-refractivity contribution in [3.05, 3.63) is 38.3 Å². The molecule has 1 aliphatic rings. The van der Waals surface area contributed by atoms with Gasteiger partial charge < -0.3 is 9.80 Å². The highest BCUT2D eigenvalue weighted by Gasteiger charge is 2.28. The lowest BCUT2D eigenvalue weighted by Gasteiger charge is -2.32. The molecule has 1 saturated heterocycles. The van der Waals surface area contributed by atoms with Gasteiger partial charge in [-0.1, -0.05) is 6.07 Å². The zero-order valence-corrected chi connectivity index (χ0v) is 12.3. The normalized spacial score (nSPS) is 15.4. The van der Waals surface area contributed by atoms with E-state index in [9.17, 15) is 19.7 Å². The Morgan fingerprint density at radius 3 is 2.70 bits per heavy atom. The zero-order chi connectivity index (χ0) is 14.9. The summed E-state index contributed by atoms with van der Waals surface area (Å²) in [7, 11) is 1.67. The van der Waals surface area contributed by atoms with E-state index >= 15 is 0 Å². The molecule has 0 N–H and O–H groups in total. The predicted octanol–water partition coefficient (Wildman–Crippen LogP) is 1.27. The number of nitro benzene ring substituents is 1. The molecule has 0 atom stereocenters. The maximum atomic E-state index is 12.4. The van der Waals surface area contributed by atoms with Gasteiger partial charge in [0.15, 0.2) is 0 Å². The Labute approximate surface area is 123 Å². The van der Waals surface area contributed by atoms with E-state index in [-0.39, 0.29) is 34.1 Å². The molecule has 20 heavy (non-hydrogen) atoms. The number of halogens is 1. The predicted molar refractivity (Wildman–Crippen MR) is 74.3 cm³/mol. The fourth-order valence-corrected chi connectivity index (χ4v) is 2.51. The van der Waals surface area contributed by atoms with Gasteiger partial charge in [-0.15, -0.1) is 0 Å². The van der Waals surface area contributed by atoms with E-state index in [1.54, 1.807) is 11.9 Å². The van der Waals surface area contributed by atoms with Crippen LogP contribution in [0.2, 0.25) is 0 Å². The van der Waals surface area contributed by atoms with Gasteiger partial charge in [0.05, 0.1) is 10.5 Å². The van der Waals surface area contributed by atoms with Gasteiger partial charge in [-0.2, -0.15) is 0 Å². The first-order valence-corrected chi connectivity index (χ1v) is 6.67. The Hall–Kier alpha value is -1.96. The Bertz CT molecular complexity index is 590. The third-order valence-electron chi connectivity index (χ3n) is 3.15. The first-order chi connectivity index (χ1) is 9.41. The molecule has 1 aromatic rings. The van der Waals surface area contributed by atoms with Crippen molar-refractivity contribution in [1.29, 1.82) is 0 Å². The summed E-state index contributed by atoms with van der Waals surface area (Å²) in [5.74, 6) is -0.534. The monoisotopic (exact) mass is 341 g/mol. The molecule has 2 amide bonds. The third kappa shape index (κ3) is 2.64. The second kappa shape index (κ2) is 5.58. The fourth-order valence-electron chi connectivity index (χ4n) is 1.93. The molecule has 106 valence electrons. The molecule has 0 unspecified atom stereocenters. The molecular weight excluding hydrogens is 330 g/mol. The second-order valence-corrected chi connectivity index (χ2v) is 5.23. The second-order valence-electron chi connectivity index (χ2n) is 4.44. The van der Waals surface area contributed by atoms with E-state index in [0.717, 1.165) is 0 Å². The molecule has 0 spiro atoms. The van der Waals surface area contributed by atoms with Crippen molar-refractivity contribution in [2.75, 3.05) is 26.7 Å². The summed E-state index contributed by atoms with van der Waals surface area (Å²) in [6, 6.07) is 4.27. The molecule has 0 saturated carbocycles. The molecule has 1 aliphatic heterocycles. The van der Waals surface area contributed by atoms with E-state index in [2.05, 4.69) is 15.9 Å².